The topological polar surface area (TPSA) is 78.9 Å². The minimum Gasteiger partial charge on any atom is -0.396 e. The number of nitriles is 1. The molecule has 0 aliphatic heterocycles. The summed E-state index contributed by atoms with van der Waals surface area (Å²) in [5.74, 6) is -0.989. The Morgan fingerprint density at radius 1 is 1.45 bits per heavy atom. The van der Waals surface area contributed by atoms with E-state index < -0.39 is 11.7 Å². The van der Waals surface area contributed by atoms with Crippen LogP contribution in [0.5, 0.6) is 0 Å². The van der Waals surface area contributed by atoms with Crippen molar-refractivity contribution < 1.29 is 9.18 Å². The molecule has 0 unspecified atom stereocenters. The van der Waals surface area contributed by atoms with Crippen molar-refractivity contribution in [2.24, 2.45) is 0 Å². The van der Waals surface area contributed by atoms with Gasteiger partial charge in [-0.05, 0) is 37.6 Å². The van der Waals surface area contributed by atoms with Crippen LogP contribution in [0.1, 0.15) is 26.4 Å². The number of rotatable bonds is 2. The average molecular weight is 289 g/mol. The fraction of sp³-hybridized carbons (Fsp3) is 0.143. The van der Waals surface area contributed by atoms with Crippen molar-refractivity contribution in [1.29, 1.82) is 5.26 Å². The lowest BCUT2D eigenvalue weighted by molar-refractivity contribution is 0.102. The van der Waals surface area contributed by atoms with E-state index in [2.05, 4.69) is 11.4 Å². The van der Waals surface area contributed by atoms with E-state index in [0.29, 0.717) is 10.6 Å². The van der Waals surface area contributed by atoms with Gasteiger partial charge in [-0.2, -0.15) is 5.26 Å². The number of nitrogens with one attached hydrogen (secondary N) is 1. The van der Waals surface area contributed by atoms with Gasteiger partial charge in [0, 0.05) is 10.4 Å². The number of carbonyl (C=O) groups excluding carboxylic acids is 1. The Kier molecular flexibility index (Phi) is 3.72. The Labute approximate surface area is 119 Å². The molecule has 0 atom stereocenters. The summed E-state index contributed by atoms with van der Waals surface area (Å²) >= 11 is 1.34. The lowest BCUT2D eigenvalue weighted by atomic mass is 10.1. The molecular formula is C14H12FN3OS. The van der Waals surface area contributed by atoms with Gasteiger partial charge in [0.15, 0.2) is 0 Å². The normalized spacial score (nSPS) is 10.1. The molecule has 0 aliphatic rings. The van der Waals surface area contributed by atoms with Gasteiger partial charge in [-0.1, -0.05) is 0 Å². The van der Waals surface area contributed by atoms with E-state index in [1.54, 1.807) is 0 Å². The summed E-state index contributed by atoms with van der Waals surface area (Å²) in [6.07, 6.45) is 0. The maximum absolute atomic E-state index is 13.1. The number of halogens is 1. The van der Waals surface area contributed by atoms with Crippen LogP contribution in [0, 0.1) is 31.0 Å². The molecule has 4 nitrogen and oxygen atoms in total. The first-order chi connectivity index (χ1) is 9.43. The van der Waals surface area contributed by atoms with Crippen molar-refractivity contribution >= 4 is 27.9 Å². The summed E-state index contributed by atoms with van der Waals surface area (Å²) in [5, 5.41) is 12.3. The maximum atomic E-state index is 13.1. The first kappa shape index (κ1) is 14.0. The summed E-state index contributed by atoms with van der Waals surface area (Å²) in [4.78, 5) is 13.0. The van der Waals surface area contributed by atoms with Crippen molar-refractivity contribution in [3.63, 3.8) is 0 Å². The first-order valence-corrected chi connectivity index (χ1v) is 6.62. The standard InChI is InChI=1S/C14H12FN3OS/c1-7-8(2)20-14(10(7)6-16)18-13(19)9-3-4-11(15)12(17)5-9/h3-5H,17H2,1-2H3,(H,18,19). The number of nitrogens with zero attached hydrogens (tertiary/aromatic N) is 1. The van der Waals surface area contributed by atoms with Gasteiger partial charge >= 0.3 is 0 Å². The van der Waals surface area contributed by atoms with E-state index in [0.717, 1.165) is 16.5 Å². The molecule has 1 amide bonds. The molecule has 3 N–H and O–H groups in total. The fourth-order valence-corrected chi connectivity index (χ4v) is 2.72. The number of thiophene rings is 1. The summed E-state index contributed by atoms with van der Waals surface area (Å²) in [5.41, 5.74) is 6.90. The SMILES string of the molecule is Cc1sc(NC(=O)c2ccc(F)c(N)c2)c(C#N)c1C. The fourth-order valence-electron chi connectivity index (χ4n) is 1.71. The Morgan fingerprint density at radius 2 is 2.15 bits per heavy atom. The highest BCUT2D eigenvalue weighted by atomic mass is 32.1. The molecule has 0 saturated heterocycles. The van der Waals surface area contributed by atoms with Crippen LogP contribution in [0.15, 0.2) is 18.2 Å². The zero-order valence-electron chi connectivity index (χ0n) is 11.0. The van der Waals surface area contributed by atoms with E-state index in [1.807, 2.05) is 13.8 Å². The number of nitrogens with two attached hydrogens (primary N) is 1. The highest BCUT2D eigenvalue weighted by molar-refractivity contribution is 7.16. The molecule has 20 heavy (non-hydrogen) atoms. The number of hydrogen-bond donors (Lipinski definition) is 2. The van der Waals surface area contributed by atoms with Crippen molar-refractivity contribution in [1.82, 2.24) is 0 Å². The smallest absolute Gasteiger partial charge is 0.256 e. The van der Waals surface area contributed by atoms with Crippen molar-refractivity contribution in [2.45, 2.75) is 13.8 Å². The van der Waals surface area contributed by atoms with Crippen LogP contribution >= 0.6 is 11.3 Å². The molecule has 1 aromatic heterocycles. The van der Waals surface area contributed by atoms with Crippen LogP contribution in [-0.4, -0.2) is 5.91 Å². The lowest BCUT2D eigenvalue weighted by Crippen LogP contribution is -2.12. The Hall–Kier alpha value is -2.39. The second-order valence-corrected chi connectivity index (χ2v) is 5.51. The van der Waals surface area contributed by atoms with Crippen molar-refractivity contribution in [3.8, 4) is 6.07 Å². The van der Waals surface area contributed by atoms with Crippen LogP contribution in [0.3, 0.4) is 0 Å². The summed E-state index contributed by atoms with van der Waals surface area (Å²) in [6.45, 7) is 3.71. The molecule has 102 valence electrons. The van der Waals surface area contributed by atoms with Gasteiger partial charge in [0.25, 0.3) is 5.91 Å². The summed E-state index contributed by atoms with van der Waals surface area (Å²) < 4.78 is 13.1. The summed E-state index contributed by atoms with van der Waals surface area (Å²) in [6, 6.07) is 5.83. The molecule has 1 heterocycles. The third kappa shape index (κ3) is 2.49. The van der Waals surface area contributed by atoms with Crippen LogP contribution in [0.2, 0.25) is 0 Å². The predicted octanol–water partition coefficient (Wildman–Crippen LogP) is 3.21. The molecule has 0 saturated carbocycles. The number of anilines is 2. The molecule has 2 aromatic rings. The highest BCUT2D eigenvalue weighted by Gasteiger charge is 2.16. The zero-order chi connectivity index (χ0) is 14.9. The van der Waals surface area contributed by atoms with E-state index in [9.17, 15) is 9.18 Å². The quantitative estimate of drug-likeness (QED) is 0.833. The minimum atomic E-state index is -0.568. The molecule has 0 aliphatic carbocycles. The Morgan fingerprint density at radius 3 is 2.75 bits per heavy atom. The Bertz CT molecular complexity index is 731. The molecule has 0 spiro atoms. The molecule has 1 aromatic carbocycles. The third-order valence-electron chi connectivity index (χ3n) is 2.98. The summed E-state index contributed by atoms with van der Waals surface area (Å²) in [7, 11) is 0. The van der Waals surface area contributed by atoms with Gasteiger partial charge in [-0.25, -0.2) is 4.39 Å². The van der Waals surface area contributed by atoms with E-state index in [1.165, 1.54) is 23.5 Å². The van der Waals surface area contributed by atoms with Crippen molar-refractivity contribution in [3.05, 3.63) is 45.6 Å². The number of aryl methyl sites for hydroxylation is 1. The molecule has 2 rings (SSSR count). The Balaban J connectivity index is 2.30. The number of amides is 1. The molecular weight excluding hydrogens is 277 g/mol. The van der Waals surface area contributed by atoms with Crippen LogP contribution in [0.25, 0.3) is 0 Å². The van der Waals surface area contributed by atoms with Crippen molar-refractivity contribution in [2.75, 3.05) is 11.1 Å². The van der Waals surface area contributed by atoms with Gasteiger partial charge in [0.2, 0.25) is 0 Å². The number of carbonyl (C=O) groups is 1. The van der Waals surface area contributed by atoms with E-state index >= 15 is 0 Å². The van der Waals surface area contributed by atoms with E-state index in [4.69, 9.17) is 11.0 Å². The van der Waals surface area contributed by atoms with Gasteiger partial charge in [0.05, 0.1) is 11.3 Å². The first-order valence-electron chi connectivity index (χ1n) is 5.80. The zero-order valence-corrected chi connectivity index (χ0v) is 11.8. The molecule has 0 radical (unpaired) electrons. The largest absolute Gasteiger partial charge is 0.396 e. The molecule has 6 heteroatoms. The highest BCUT2D eigenvalue weighted by Crippen LogP contribution is 2.32. The third-order valence-corrected chi connectivity index (χ3v) is 4.11. The maximum Gasteiger partial charge on any atom is 0.256 e. The number of benzene rings is 1. The van der Waals surface area contributed by atoms with Crippen LogP contribution < -0.4 is 11.1 Å². The van der Waals surface area contributed by atoms with Crippen LogP contribution in [0.4, 0.5) is 15.1 Å². The van der Waals surface area contributed by atoms with Crippen LogP contribution in [-0.2, 0) is 0 Å². The lowest BCUT2D eigenvalue weighted by Gasteiger charge is -2.05. The second-order valence-electron chi connectivity index (χ2n) is 4.29. The number of nitrogen functional groups attached to an aromatic ring is 1. The monoisotopic (exact) mass is 289 g/mol. The van der Waals surface area contributed by atoms with Gasteiger partial charge in [0.1, 0.15) is 16.9 Å². The average Bonchev–Trinajstić information content (AvgIpc) is 2.67. The second kappa shape index (κ2) is 5.31. The van der Waals surface area contributed by atoms with Gasteiger partial charge < -0.3 is 11.1 Å². The molecule has 0 bridgehead atoms. The van der Waals surface area contributed by atoms with E-state index in [-0.39, 0.29) is 11.3 Å². The minimum absolute atomic E-state index is 0.0864. The number of hydrogen-bond acceptors (Lipinski definition) is 4. The molecule has 0 fully saturated rings. The predicted molar refractivity (Wildman–Crippen MR) is 77.3 cm³/mol. The van der Waals surface area contributed by atoms with Gasteiger partial charge in [-0.3, -0.25) is 4.79 Å². The van der Waals surface area contributed by atoms with Gasteiger partial charge in [-0.15, -0.1) is 11.3 Å².